The van der Waals surface area contributed by atoms with Crippen LogP contribution in [0.25, 0.3) is 0 Å². The van der Waals surface area contributed by atoms with Crippen molar-refractivity contribution < 1.29 is 14.4 Å². The number of hydrogen-bond donors (Lipinski definition) is 3. The fourth-order valence-corrected chi connectivity index (χ4v) is 2.65. The van der Waals surface area contributed by atoms with E-state index in [-0.39, 0.29) is 5.91 Å². The zero-order valence-corrected chi connectivity index (χ0v) is 14.1. The Morgan fingerprint density at radius 2 is 1.54 bits per heavy atom. The second kappa shape index (κ2) is 6.84. The van der Waals surface area contributed by atoms with E-state index in [1.54, 1.807) is 42.5 Å². The predicted octanol–water partition coefficient (Wildman–Crippen LogP) is 2.41. The third-order valence-electron chi connectivity index (χ3n) is 3.66. The van der Waals surface area contributed by atoms with E-state index >= 15 is 0 Å². The van der Waals surface area contributed by atoms with Crippen molar-refractivity contribution in [3.05, 3.63) is 63.6 Å². The number of aryl methyl sites for hydroxylation is 1. The lowest BCUT2D eigenvalue weighted by Gasteiger charge is -2.17. The number of hydrogen-bond acceptors (Lipinski definition) is 3. The molecular formula is C17H14BrN3O3. The Balaban J connectivity index is 1.64. The van der Waals surface area contributed by atoms with Crippen LogP contribution in [-0.4, -0.2) is 17.7 Å². The van der Waals surface area contributed by atoms with E-state index in [1.807, 2.05) is 0 Å². The van der Waals surface area contributed by atoms with Crippen LogP contribution < -0.4 is 16.2 Å². The van der Waals surface area contributed by atoms with Gasteiger partial charge in [-0.25, -0.2) is 0 Å². The normalized spacial score (nSPS) is 12.8. The highest BCUT2D eigenvalue weighted by Gasteiger charge is 2.17. The Kier molecular flexibility index (Phi) is 4.61. The minimum Gasteiger partial charge on any atom is -0.326 e. The molecular weight excluding hydrogens is 374 g/mol. The summed E-state index contributed by atoms with van der Waals surface area (Å²) in [6, 6.07) is 11.8. The quantitative estimate of drug-likeness (QED) is 0.691. The molecule has 2 aromatic carbocycles. The van der Waals surface area contributed by atoms with Crippen molar-refractivity contribution in [3.8, 4) is 0 Å². The maximum absolute atomic E-state index is 12.2. The molecule has 0 aliphatic carbocycles. The van der Waals surface area contributed by atoms with E-state index in [9.17, 15) is 14.4 Å². The third-order valence-corrected chi connectivity index (χ3v) is 4.19. The molecule has 1 aliphatic heterocycles. The zero-order chi connectivity index (χ0) is 17.1. The van der Waals surface area contributed by atoms with Gasteiger partial charge >= 0.3 is 0 Å². The molecule has 0 saturated heterocycles. The number of anilines is 1. The monoisotopic (exact) mass is 387 g/mol. The van der Waals surface area contributed by atoms with Gasteiger partial charge in [0.1, 0.15) is 0 Å². The number of benzene rings is 2. The second-order valence-corrected chi connectivity index (χ2v) is 6.25. The van der Waals surface area contributed by atoms with Gasteiger partial charge in [-0.15, -0.1) is 0 Å². The molecule has 24 heavy (non-hydrogen) atoms. The Bertz CT molecular complexity index is 818. The van der Waals surface area contributed by atoms with Crippen molar-refractivity contribution >= 4 is 39.3 Å². The Morgan fingerprint density at radius 3 is 2.25 bits per heavy atom. The number of rotatable bonds is 2. The average Bonchev–Trinajstić information content (AvgIpc) is 2.59. The molecule has 0 fully saturated rings. The van der Waals surface area contributed by atoms with Gasteiger partial charge < -0.3 is 5.32 Å². The van der Waals surface area contributed by atoms with Crippen molar-refractivity contribution in [2.45, 2.75) is 12.8 Å². The molecule has 0 atom stereocenters. The number of halogens is 1. The molecule has 0 bridgehead atoms. The van der Waals surface area contributed by atoms with Crippen LogP contribution in [0.5, 0.6) is 0 Å². The molecule has 122 valence electrons. The first kappa shape index (κ1) is 16.2. The Labute approximate surface area is 146 Å². The lowest BCUT2D eigenvalue weighted by atomic mass is 10.0. The molecule has 0 aromatic heterocycles. The summed E-state index contributed by atoms with van der Waals surface area (Å²) in [5.41, 5.74) is 7.25. The SMILES string of the molecule is O=C1CCc2cc(C(=O)NNC(=O)c3ccc(Br)cc3)ccc2N1. The zero-order valence-electron chi connectivity index (χ0n) is 12.6. The van der Waals surface area contributed by atoms with Gasteiger partial charge in [0.15, 0.2) is 0 Å². The van der Waals surface area contributed by atoms with Crippen LogP contribution in [0.3, 0.4) is 0 Å². The highest BCUT2D eigenvalue weighted by atomic mass is 79.9. The number of amides is 3. The molecule has 0 saturated carbocycles. The summed E-state index contributed by atoms with van der Waals surface area (Å²) in [5.74, 6) is -0.845. The molecule has 3 amide bonds. The molecule has 0 radical (unpaired) electrons. The molecule has 2 aromatic rings. The summed E-state index contributed by atoms with van der Waals surface area (Å²) >= 11 is 3.29. The van der Waals surface area contributed by atoms with Crippen LogP contribution >= 0.6 is 15.9 Å². The van der Waals surface area contributed by atoms with Crippen molar-refractivity contribution in [3.63, 3.8) is 0 Å². The summed E-state index contributed by atoms with van der Waals surface area (Å²) < 4.78 is 0.865. The van der Waals surface area contributed by atoms with Crippen LogP contribution in [0.1, 0.15) is 32.7 Å². The topological polar surface area (TPSA) is 87.3 Å². The Hall–Kier alpha value is -2.67. The lowest BCUT2D eigenvalue weighted by molar-refractivity contribution is -0.116. The number of fused-ring (bicyclic) bond motifs is 1. The summed E-state index contributed by atoms with van der Waals surface area (Å²) in [6.45, 7) is 0. The summed E-state index contributed by atoms with van der Waals surface area (Å²) in [7, 11) is 0. The van der Waals surface area contributed by atoms with Crippen LogP contribution in [0.4, 0.5) is 5.69 Å². The molecule has 7 heteroatoms. The second-order valence-electron chi connectivity index (χ2n) is 5.34. The lowest BCUT2D eigenvalue weighted by Crippen LogP contribution is -2.41. The van der Waals surface area contributed by atoms with Gasteiger partial charge in [0, 0.05) is 27.7 Å². The molecule has 3 N–H and O–H groups in total. The number of hydrazine groups is 1. The fraction of sp³-hybridized carbons (Fsp3) is 0.118. The number of carbonyl (C=O) groups excluding carboxylic acids is 3. The minimum absolute atomic E-state index is 0.0264. The van der Waals surface area contributed by atoms with Crippen molar-refractivity contribution in [1.29, 1.82) is 0 Å². The van der Waals surface area contributed by atoms with Gasteiger partial charge in [0.05, 0.1) is 0 Å². The van der Waals surface area contributed by atoms with Gasteiger partial charge in [0.2, 0.25) is 5.91 Å². The van der Waals surface area contributed by atoms with Crippen molar-refractivity contribution in [2.75, 3.05) is 5.32 Å². The van der Waals surface area contributed by atoms with Gasteiger partial charge in [0.25, 0.3) is 11.8 Å². The standard InChI is InChI=1S/C17H14BrN3O3/c18-13-5-1-10(2-6-13)16(23)20-21-17(24)12-3-7-14-11(9-12)4-8-15(22)19-14/h1-3,5-7,9H,4,8H2,(H,19,22)(H,20,23)(H,21,24). The number of carbonyl (C=O) groups is 3. The molecule has 1 heterocycles. The van der Waals surface area contributed by atoms with Crippen LogP contribution in [0, 0.1) is 0 Å². The third kappa shape index (κ3) is 3.62. The Morgan fingerprint density at radius 1 is 0.917 bits per heavy atom. The molecule has 0 spiro atoms. The van der Waals surface area contributed by atoms with Gasteiger partial charge in [-0.3, -0.25) is 25.2 Å². The van der Waals surface area contributed by atoms with E-state index in [4.69, 9.17) is 0 Å². The van der Waals surface area contributed by atoms with E-state index in [2.05, 4.69) is 32.1 Å². The molecule has 0 unspecified atom stereocenters. The first-order valence-corrected chi connectivity index (χ1v) is 8.11. The van der Waals surface area contributed by atoms with E-state index in [1.165, 1.54) is 0 Å². The maximum atomic E-state index is 12.2. The van der Waals surface area contributed by atoms with E-state index < -0.39 is 11.8 Å². The van der Waals surface area contributed by atoms with Gasteiger partial charge in [-0.05, 0) is 54.4 Å². The smallest absolute Gasteiger partial charge is 0.269 e. The highest BCUT2D eigenvalue weighted by molar-refractivity contribution is 9.10. The van der Waals surface area contributed by atoms with E-state index in [0.717, 1.165) is 15.7 Å². The molecule has 3 rings (SSSR count). The number of nitrogens with one attached hydrogen (secondary N) is 3. The highest BCUT2D eigenvalue weighted by Crippen LogP contribution is 2.23. The van der Waals surface area contributed by atoms with Crippen molar-refractivity contribution in [2.24, 2.45) is 0 Å². The van der Waals surface area contributed by atoms with Crippen LogP contribution in [-0.2, 0) is 11.2 Å². The van der Waals surface area contributed by atoms with Gasteiger partial charge in [-0.2, -0.15) is 0 Å². The molecule has 1 aliphatic rings. The molecule has 6 nitrogen and oxygen atoms in total. The first-order valence-electron chi connectivity index (χ1n) is 7.32. The van der Waals surface area contributed by atoms with E-state index in [0.29, 0.717) is 24.0 Å². The summed E-state index contributed by atoms with van der Waals surface area (Å²) in [4.78, 5) is 35.5. The first-order chi connectivity index (χ1) is 11.5. The summed E-state index contributed by atoms with van der Waals surface area (Å²) in [5, 5.41) is 2.76. The predicted molar refractivity (Wildman–Crippen MR) is 92.5 cm³/mol. The average molecular weight is 388 g/mol. The maximum Gasteiger partial charge on any atom is 0.269 e. The van der Waals surface area contributed by atoms with Crippen LogP contribution in [0.2, 0.25) is 0 Å². The fourth-order valence-electron chi connectivity index (χ4n) is 2.38. The van der Waals surface area contributed by atoms with Crippen LogP contribution in [0.15, 0.2) is 46.9 Å². The summed E-state index contributed by atoms with van der Waals surface area (Å²) in [6.07, 6.45) is 0.992. The minimum atomic E-state index is -0.417. The largest absolute Gasteiger partial charge is 0.326 e. The van der Waals surface area contributed by atoms with Crippen molar-refractivity contribution in [1.82, 2.24) is 10.9 Å². The van der Waals surface area contributed by atoms with Gasteiger partial charge in [-0.1, -0.05) is 15.9 Å².